The van der Waals surface area contributed by atoms with Gasteiger partial charge >= 0.3 is 6.18 Å². The molecule has 1 aliphatic rings. The fourth-order valence-corrected chi connectivity index (χ4v) is 3.06. The van der Waals surface area contributed by atoms with Crippen molar-refractivity contribution in [3.8, 4) is 5.75 Å². The van der Waals surface area contributed by atoms with Crippen LogP contribution in [0.1, 0.15) is 5.56 Å². The van der Waals surface area contributed by atoms with E-state index in [0.717, 1.165) is 18.0 Å². The molecule has 1 aliphatic heterocycles. The molecule has 2 heterocycles. The van der Waals surface area contributed by atoms with Crippen LogP contribution < -0.4 is 14.8 Å². The van der Waals surface area contributed by atoms with Gasteiger partial charge in [-0.3, -0.25) is 4.90 Å². The number of aromatic nitrogens is 1. The van der Waals surface area contributed by atoms with Crippen molar-refractivity contribution in [3.63, 3.8) is 0 Å². The largest absolute Gasteiger partial charge is 0.506 e. The maximum atomic E-state index is 12.7. The number of H-pyrrole nitrogens is 1. The van der Waals surface area contributed by atoms with Gasteiger partial charge in [0.1, 0.15) is 30.1 Å². The average Bonchev–Trinajstić information content (AvgIpc) is 2.55. The number of para-hydroxylation sites is 2. The Labute approximate surface area is 142 Å². The molecule has 24 heavy (non-hydrogen) atoms. The lowest BCUT2D eigenvalue weighted by Gasteiger charge is -2.33. The first-order valence-electron chi connectivity index (χ1n) is 7.42. The predicted octanol–water partition coefficient (Wildman–Crippen LogP) is 3.21. The van der Waals surface area contributed by atoms with E-state index in [2.05, 4.69) is 4.98 Å². The Bertz CT molecular complexity index is 731. The van der Waals surface area contributed by atoms with Gasteiger partial charge in [0.05, 0.1) is 24.3 Å². The van der Waals surface area contributed by atoms with Gasteiger partial charge in [-0.05, 0) is 18.2 Å². The molecule has 0 spiro atoms. The van der Waals surface area contributed by atoms with Crippen LogP contribution in [-0.4, -0.2) is 31.3 Å². The molecule has 0 aliphatic carbocycles. The van der Waals surface area contributed by atoms with Crippen LogP contribution in [0.25, 0.3) is 0 Å². The van der Waals surface area contributed by atoms with Gasteiger partial charge in [0.2, 0.25) is 0 Å². The number of hydrogen-bond acceptors (Lipinski definition) is 3. The molecule has 3 rings (SSSR count). The van der Waals surface area contributed by atoms with Gasteiger partial charge in [-0.15, -0.1) is 0 Å². The zero-order valence-electron chi connectivity index (χ0n) is 12.6. The third kappa shape index (κ3) is 3.36. The van der Waals surface area contributed by atoms with Gasteiger partial charge in [-0.2, -0.15) is 13.2 Å². The van der Waals surface area contributed by atoms with E-state index in [1.807, 2.05) is 21.9 Å². The highest BCUT2D eigenvalue weighted by Gasteiger charge is 2.34. The maximum absolute atomic E-state index is 12.7. The predicted molar refractivity (Wildman–Crippen MR) is 85.5 cm³/mol. The van der Waals surface area contributed by atoms with Crippen LogP contribution in [0.3, 0.4) is 0 Å². The summed E-state index contributed by atoms with van der Waals surface area (Å²) < 4.78 is 38.1. The smallest absolute Gasteiger partial charge is 0.419 e. The summed E-state index contributed by atoms with van der Waals surface area (Å²) in [6, 6.07) is 8.00. The van der Waals surface area contributed by atoms with Gasteiger partial charge in [-0.25, -0.2) is 4.98 Å². The van der Waals surface area contributed by atoms with Gasteiger partial charge in [0.15, 0.2) is 0 Å². The number of nitrogens with one attached hydrogen (secondary N) is 1. The fourth-order valence-electron chi connectivity index (χ4n) is 2.77. The molecule has 1 aromatic heterocycles. The first kappa shape index (κ1) is 16.7. The third-order valence-corrected chi connectivity index (χ3v) is 4.31. The van der Waals surface area contributed by atoms with Crippen LogP contribution >= 0.6 is 11.6 Å². The topological polar surface area (TPSA) is 40.9 Å². The van der Waals surface area contributed by atoms with E-state index >= 15 is 0 Å². The number of aromatic amines is 1. The molecule has 0 saturated carbocycles. The van der Waals surface area contributed by atoms with Crippen molar-refractivity contribution in [2.24, 2.45) is 0 Å². The SMILES string of the molecule is Oc1ccccc1N1CCN(c2[nH+]cc(C(F)(F)F)cc2Cl)CC1. The van der Waals surface area contributed by atoms with Crippen LogP contribution in [-0.2, 0) is 6.18 Å². The fraction of sp³-hybridized carbons (Fsp3) is 0.312. The molecule has 2 N–H and O–H groups in total. The molecule has 0 atom stereocenters. The van der Waals surface area contributed by atoms with Gasteiger partial charge in [0, 0.05) is 0 Å². The summed E-state index contributed by atoms with van der Waals surface area (Å²) in [5.74, 6) is 0.687. The van der Waals surface area contributed by atoms with E-state index in [4.69, 9.17) is 11.6 Å². The Morgan fingerprint density at radius 3 is 2.25 bits per heavy atom. The second kappa shape index (κ2) is 6.39. The lowest BCUT2D eigenvalue weighted by Crippen LogP contribution is -2.48. The van der Waals surface area contributed by atoms with Gasteiger partial charge in [-0.1, -0.05) is 23.7 Å². The van der Waals surface area contributed by atoms with Gasteiger partial charge < -0.3 is 10.0 Å². The molecule has 0 amide bonds. The van der Waals surface area contributed by atoms with E-state index in [9.17, 15) is 18.3 Å². The number of benzene rings is 1. The van der Waals surface area contributed by atoms with Crippen LogP contribution in [0.2, 0.25) is 5.02 Å². The molecule has 0 unspecified atom stereocenters. The molecule has 8 heteroatoms. The number of phenols is 1. The van der Waals surface area contributed by atoms with Crippen LogP contribution in [0, 0.1) is 0 Å². The number of anilines is 2. The molecule has 128 valence electrons. The van der Waals surface area contributed by atoms with E-state index in [1.165, 1.54) is 0 Å². The Morgan fingerprint density at radius 2 is 1.67 bits per heavy atom. The number of piperazine rings is 1. The molecule has 1 fully saturated rings. The minimum Gasteiger partial charge on any atom is -0.506 e. The summed E-state index contributed by atoms with van der Waals surface area (Å²) in [5, 5.41) is 9.95. The third-order valence-electron chi connectivity index (χ3n) is 4.02. The number of nitrogens with zero attached hydrogens (tertiary/aromatic N) is 2. The summed E-state index contributed by atoms with van der Waals surface area (Å²) in [5.41, 5.74) is -0.0521. The minimum absolute atomic E-state index is 0.0424. The van der Waals surface area contributed by atoms with Crippen molar-refractivity contribution < 1.29 is 23.3 Å². The highest BCUT2D eigenvalue weighted by Crippen LogP contribution is 2.33. The normalized spacial score (nSPS) is 15.7. The molecular formula is C16H16ClF3N3O+. The Hall–Kier alpha value is -2.15. The zero-order chi connectivity index (χ0) is 17.3. The quantitative estimate of drug-likeness (QED) is 0.896. The van der Waals surface area contributed by atoms with Crippen molar-refractivity contribution in [3.05, 3.63) is 47.1 Å². The molecule has 4 nitrogen and oxygen atoms in total. The molecule has 0 radical (unpaired) electrons. The minimum atomic E-state index is -4.43. The number of rotatable bonds is 2. The molecule has 2 aromatic rings. The lowest BCUT2D eigenvalue weighted by atomic mass is 10.2. The lowest BCUT2D eigenvalue weighted by molar-refractivity contribution is -0.367. The Balaban J connectivity index is 1.72. The van der Waals surface area contributed by atoms with Crippen molar-refractivity contribution in [1.82, 2.24) is 0 Å². The summed E-state index contributed by atoms with van der Waals surface area (Å²) in [7, 11) is 0. The molecule has 1 saturated heterocycles. The number of phenolic OH excluding ortho intramolecular Hbond substituents is 1. The summed E-state index contributed by atoms with van der Waals surface area (Å²) in [6.07, 6.45) is -3.50. The van der Waals surface area contributed by atoms with E-state index in [-0.39, 0.29) is 10.8 Å². The highest BCUT2D eigenvalue weighted by molar-refractivity contribution is 6.32. The number of halogens is 4. The monoisotopic (exact) mass is 358 g/mol. The number of alkyl halides is 3. The Kier molecular flexibility index (Phi) is 4.45. The summed E-state index contributed by atoms with van der Waals surface area (Å²) >= 11 is 6.02. The van der Waals surface area contributed by atoms with Gasteiger partial charge in [0.25, 0.3) is 5.82 Å². The maximum Gasteiger partial charge on any atom is 0.419 e. The van der Waals surface area contributed by atoms with Crippen LogP contribution in [0.5, 0.6) is 5.75 Å². The van der Waals surface area contributed by atoms with Crippen molar-refractivity contribution in [2.45, 2.75) is 6.18 Å². The number of pyridine rings is 1. The van der Waals surface area contributed by atoms with Crippen LogP contribution in [0.15, 0.2) is 36.5 Å². The molecule has 1 aromatic carbocycles. The molecular weight excluding hydrogens is 343 g/mol. The second-order valence-electron chi connectivity index (χ2n) is 5.55. The second-order valence-corrected chi connectivity index (χ2v) is 5.95. The van der Waals surface area contributed by atoms with Crippen molar-refractivity contribution >= 4 is 23.1 Å². The highest BCUT2D eigenvalue weighted by atomic mass is 35.5. The summed E-state index contributed by atoms with van der Waals surface area (Å²) in [4.78, 5) is 6.59. The first-order valence-corrected chi connectivity index (χ1v) is 7.80. The Morgan fingerprint density at radius 1 is 1.04 bits per heavy atom. The standard InChI is InChI=1S/C16H15ClF3N3O/c17-12-9-11(16(18,19)20)10-21-15(12)23-7-5-22(6-8-23)13-3-1-2-4-14(13)24/h1-4,9-10,24H,5-8H2/p+1. The van der Waals surface area contributed by atoms with E-state index in [0.29, 0.717) is 32.0 Å². The average molecular weight is 359 g/mol. The van der Waals surface area contributed by atoms with Crippen molar-refractivity contribution in [1.29, 1.82) is 0 Å². The van der Waals surface area contributed by atoms with E-state index in [1.54, 1.807) is 12.1 Å². The first-order chi connectivity index (χ1) is 11.4. The number of aromatic hydroxyl groups is 1. The number of hydrogen-bond donors (Lipinski definition) is 1. The van der Waals surface area contributed by atoms with E-state index < -0.39 is 11.7 Å². The van der Waals surface area contributed by atoms with Crippen molar-refractivity contribution in [2.75, 3.05) is 36.0 Å². The van der Waals surface area contributed by atoms with Crippen LogP contribution in [0.4, 0.5) is 24.7 Å². The molecule has 0 bridgehead atoms. The zero-order valence-corrected chi connectivity index (χ0v) is 13.4. The summed E-state index contributed by atoms with van der Waals surface area (Å²) in [6.45, 7) is 2.41.